The van der Waals surface area contributed by atoms with Gasteiger partial charge >= 0.3 is 6.61 Å². The van der Waals surface area contributed by atoms with Gasteiger partial charge in [0.25, 0.3) is 10.0 Å². The number of alkyl halides is 2. The Kier molecular flexibility index (Phi) is 5.10. The van der Waals surface area contributed by atoms with Gasteiger partial charge in [-0.1, -0.05) is 35.3 Å². The number of benzene rings is 2. The van der Waals surface area contributed by atoms with Crippen LogP contribution in [0.25, 0.3) is 0 Å². The molecule has 4 nitrogen and oxygen atoms in total. The van der Waals surface area contributed by atoms with Crippen LogP contribution in [0.5, 0.6) is 5.75 Å². The molecule has 0 spiro atoms. The van der Waals surface area contributed by atoms with Crippen molar-refractivity contribution in [2.75, 3.05) is 4.72 Å². The van der Waals surface area contributed by atoms with Gasteiger partial charge in [0.2, 0.25) is 0 Å². The zero-order valence-electron chi connectivity index (χ0n) is 10.8. The lowest BCUT2D eigenvalue weighted by molar-refractivity contribution is -0.0498. The standard InChI is InChI=1S/C13H9Cl2F2NO3S/c14-9-3-1-2-4-11(9)18-22(19,20)8-5-6-12(10(15)7-8)21-13(16)17/h1-7,13,18H. The fourth-order valence-electron chi connectivity index (χ4n) is 1.59. The molecule has 2 aromatic carbocycles. The normalized spacial score (nSPS) is 11.5. The van der Waals surface area contributed by atoms with Crippen molar-refractivity contribution in [2.45, 2.75) is 11.5 Å². The molecular weight excluding hydrogens is 359 g/mol. The molecule has 22 heavy (non-hydrogen) atoms. The van der Waals surface area contributed by atoms with E-state index in [-0.39, 0.29) is 26.4 Å². The third kappa shape index (κ3) is 4.00. The van der Waals surface area contributed by atoms with Gasteiger partial charge < -0.3 is 4.74 Å². The summed E-state index contributed by atoms with van der Waals surface area (Å²) in [4.78, 5) is -0.209. The van der Waals surface area contributed by atoms with Gasteiger partial charge in [-0.05, 0) is 30.3 Å². The minimum absolute atomic E-state index is 0.188. The summed E-state index contributed by atoms with van der Waals surface area (Å²) in [6.07, 6.45) is 0. The predicted octanol–water partition coefficient (Wildman–Crippen LogP) is 4.40. The molecule has 0 atom stereocenters. The van der Waals surface area contributed by atoms with Crippen molar-refractivity contribution >= 4 is 38.9 Å². The number of rotatable bonds is 5. The maximum Gasteiger partial charge on any atom is 0.387 e. The SMILES string of the molecule is O=S(=O)(Nc1ccccc1Cl)c1ccc(OC(F)F)c(Cl)c1. The molecule has 0 aliphatic carbocycles. The third-order valence-corrected chi connectivity index (χ3v) is 4.54. The summed E-state index contributed by atoms with van der Waals surface area (Å²) in [5.74, 6) is -0.312. The van der Waals surface area contributed by atoms with E-state index in [9.17, 15) is 17.2 Å². The van der Waals surface area contributed by atoms with Crippen LogP contribution < -0.4 is 9.46 Å². The smallest absolute Gasteiger partial charge is 0.387 e. The van der Waals surface area contributed by atoms with Gasteiger partial charge in [-0.2, -0.15) is 8.78 Å². The van der Waals surface area contributed by atoms with E-state index in [1.54, 1.807) is 12.1 Å². The molecule has 0 radical (unpaired) electrons. The van der Waals surface area contributed by atoms with Gasteiger partial charge in [0.05, 0.1) is 20.6 Å². The summed E-state index contributed by atoms with van der Waals surface area (Å²) in [6, 6.07) is 9.42. The Hall–Kier alpha value is -1.57. The molecule has 1 N–H and O–H groups in total. The maximum absolute atomic E-state index is 12.2. The second kappa shape index (κ2) is 6.68. The average molecular weight is 368 g/mol. The topological polar surface area (TPSA) is 55.4 Å². The largest absolute Gasteiger partial charge is 0.433 e. The second-order valence-electron chi connectivity index (χ2n) is 4.06. The highest BCUT2D eigenvalue weighted by Gasteiger charge is 2.18. The molecule has 0 heterocycles. The number of halogens is 4. The summed E-state index contributed by atoms with van der Waals surface area (Å²) >= 11 is 11.6. The highest BCUT2D eigenvalue weighted by atomic mass is 35.5. The van der Waals surface area contributed by atoms with Crippen molar-refractivity contribution in [2.24, 2.45) is 0 Å². The van der Waals surface area contributed by atoms with Gasteiger partial charge in [0, 0.05) is 0 Å². The molecule has 0 fully saturated rings. The molecule has 0 amide bonds. The first-order chi connectivity index (χ1) is 10.3. The van der Waals surface area contributed by atoms with Gasteiger partial charge in [0.1, 0.15) is 5.75 Å². The quantitative estimate of drug-likeness (QED) is 0.852. The van der Waals surface area contributed by atoms with Crippen LogP contribution in [0.1, 0.15) is 0 Å². The molecule has 0 saturated carbocycles. The van der Waals surface area contributed by atoms with Crippen molar-refractivity contribution in [1.82, 2.24) is 0 Å². The van der Waals surface area contributed by atoms with Crippen molar-refractivity contribution in [3.05, 3.63) is 52.5 Å². The van der Waals surface area contributed by atoms with E-state index in [1.165, 1.54) is 12.1 Å². The van der Waals surface area contributed by atoms with E-state index in [4.69, 9.17) is 23.2 Å². The van der Waals surface area contributed by atoms with Crippen molar-refractivity contribution < 1.29 is 21.9 Å². The Morgan fingerprint density at radius 1 is 1.05 bits per heavy atom. The van der Waals surface area contributed by atoms with Crippen molar-refractivity contribution in [3.63, 3.8) is 0 Å². The Morgan fingerprint density at radius 3 is 2.32 bits per heavy atom. The zero-order valence-corrected chi connectivity index (χ0v) is 13.1. The van der Waals surface area contributed by atoms with Gasteiger partial charge in [-0.25, -0.2) is 8.42 Å². The molecule has 2 aromatic rings. The van der Waals surface area contributed by atoms with Crippen molar-refractivity contribution in [3.8, 4) is 5.75 Å². The van der Waals surface area contributed by atoms with Crippen LogP contribution in [0.2, 0.25) is 10.0 Å². The third-order valence-electron chi connectivity index (χ3n) is 2.55. The summed E-state index contributed by atoms with van der Waals surface area (Å²) in [5, 5.41) is -0.0304. The number of sulfonamides is 1. The van der Waals surface area contributed by atoms with Gasteiger partial charge in [-0.15, -0.1) is 0 Å². The summed E-state index contributed by atoms with van der Waals surface area (Å²) in [5.41, 5.74) is 0.188. The lowest BCUT2D eigenvalue weighted by atomic mass is 10.3. The van der Waals surface area contributed by atoms with E-state index in [2.05, 4.69) is 9.46 Å². The first-order valence-corrected chi connectivity index (χ1v) is 8.05. The number of nitrogens with one attached hydrogen (secondary N) is 1. The lowest BCUT2D eigenvalue weighted by Gasteiger charge is -2.11. The molecule has 0 aliphatic rings. The molecule has 0 aromatic heterocycles. The number of hydrogen-bond acceptors (Lipinski definition) is 3. The number of anilines is 1. The highest BCUT2D eigenvalue weighted by Crippen LogP contribution is 2.30. The van der Waals surface area contributed by atoms with Gasteiger partial charge in [0.15, 0.2) is 0 Å². The molecular formula is C13H9Cl2F2NO3S. The minimum Gasteiger partial charge on any atom is -0.433 e. The summed E-state index contributed by atoms with van der Waals surface area (Å²) in [6.45, 7) is -3.05. The van der Waals surface area contributed by atoms with E-state index in [0.29, 0.717) is 0 Å². The average Bonchev–Trinajstić information content (AvgIpc) is 2.43. The predicted molar refractivity (Wildman–Crippen MR) is 80.3 cm³/mol. The Balaban J connectivity index is 2.30. The summed E-state index contributed by atoms with van der Waals surface area (Å²) in [7, 11) is -3.97. The molecule has 9 heteroatoms. The zero-order chi connectivity index (χ0) is 16.3. The molecule has 0 aliphatic heterocycles. The van der Waals surface area contributed by atoms with E-state index in [0.717, 1.165) is 18.2 Å². The number of ether oxygens (including phenoxy) is 1. The van der Waals surface area contributed by atoms with Crippen molar-refractivity contribution in [1.29, 1.82) is 0 Å². The summed E-state index contributed by atoms with van der Waals surface area (Å²) < 4.78 is 55.2. The maximum atomic E-state index is 12.2. The van der Waals surface area contributed by atoms with E-state index >= 15 is 0 Å². The first-order valence-electron chi connectivity index (χ1n) is 5.81. The Bertz CT molecular complexity index is 785. The minimum atomic E-state index is -3.97. The van der Waals surface area contributed by atoms with Crippen LogP contribution in [-0.2, 0) is 10.0 Å². The van der Waals surface area contributed by atoms with Gasteiger partial charge in [-0.3, -0.25) is 4.72 Å². The van der Waals surface area contributed by atoms with E-state index < -0.39 is 16.6 Å². The van der Waals surface area contributed by atoms with E-state index in [1.807, 2.05) is 0 Å². The van der Waals surface area contributed by atoms with Crippen LogP contribution in [0.15, 0.2) is 47.4 Å². The number of para-hydroxylation sites is 1. The van der Waals surface area contributed by atoms with Crippen LogP contribution >= 0.6 is 23.2 Å². The molecule has 118 valence electrons. The van der Waals surface area contributed by atoms with Crippen LogP contribution in [-0.4, -0.2) is 15.0 Å². The van der Waals surface area contributed by atoms with Crippen LogP contribution in [0, 0.1) is 0 Å². The Labute approximate surface area is 135 Å². The molecule has 0 saturated heterocycles. The Morgan fingerprint density at radius 2 is 1.73 bits per heavy atom. The monoisotopic (exact) mass is 367 g/mol. The highest BCUT2D eigenvalue weighted by molar-refractivity contribution is 7.92. The second-order valence-corrected chi connectivity index (χ2v) is 6.55. The molecule has 0 unspecified atom stereocenters. The first kappa shape index (κ1) is 16.8. The fraction of sp³-hybridized carbons (Fsp3) is 0.0769. The molecule has 0 bridgehead atoms. The van der Waals surface area contributed by atoms with Crippen LogP contribution in [0.3, 0.4) is 0 Å². The fourth-order valence-corrected chi connectivity index (χ4v) is 3.22. The van der Waals surface area contributed by atoms with Crippen LogP contribution in [0.4, 0.5) is 14.5 Å². The lowest BCUT2D eigenvalue weighted by Crippen LogP contribution is -2.13. The molecule has 2 rings (SSSR count). The number of hydrogen-bond donors (Lipinski definition) is 1.